The summed E-state index contributed by atoms with van der Waals surface area (Å²) in [6.07, 6.45) is -0.0437. The summed E-state index contributed by atoms with van der Waals surface area (Å²) in [6.45, 7) is 7.42. The molecule has 0 aromatic carbocycles. The van der Waals surface area contributed by atoms with Gasteiger partial charge in [-0.15, -0.1) is 0 Å². The Morgan fingerprint density at radius 2 is 2.21 bits per heavy atom. The zero-order valence-corrected chi connectivity index (χ0v) is 9.16. The van der Waals surface area contributed by atoms with Crippen molar-refractivity contribution in [3.63, 3.8) is 0 Å². The average molecular weight is 200 g/mol. The molecule has 0 aliphatic carbocycles. The molecule has 14 heavy (non-hydrogen) atoms. The van der Waals surface area contributed by atoms with Gasteiger partial charge in [-0.2, -0.15) is 0 Å². The number of amidine groups is 1. The van der Waals surface area contributed by atoms with Crippen LogP contribution >= 0.6 is 0 Å². The highest BCUT2D eigenvalue weighted by Crippen LogP contribution is 2.13. The number of rotatable bonds is 2. The molecule has 0 aromatic rings. The van der Waals surface area contributed by atoms with Gasteiger partial charge in [-0.1, -0.05) is 13.8 Å². The summed E-state index contributed by atoms with van der Waals surface area (Å²) in [5.74, 6) is 0.873. The molecule has 4 nitrogen and oxygen atoms in total. The maximum absolute atomic E-state index is 9.02. The van der Waals surface area contributed by atoms with Crippen LogP contribution in [0.2, 0.25) is 0 Å². The molecule has 0 aromatic heterocycles. The van der Waals surface area contributed by atoms with E-state index in [1.165, 1.54) is 0 Å². The third-order valence-corrected chi connectivity index (χ3v) is 2.42. The van der Waals surface area contributed by atoms with Crippen molar-refractivity contribution in [2.24, 2.45) is 5.92 Å². The van der Waals surface area contributed by atoms with Gasteiger partial charge in [0.05, 0.1) is 24.7 Å². The molecular weight excluding hydrogens is 180 g/mol. The lowest BCUT2D eigenvalue weighted by atomic mass is 10.1. The fraction of sp³-hybridized carbons (Fsp3) is 0.900. The van der Waals surface area contributed by atoms with Crippen LogP contribution in [0.3, 0.4) is 0 Å². The summed E-state index contributed by atoms with van der Waals surface area (Å²) in [6, 6.07) is 0. The van der Waals surface area contributed by atoms with Crippen LogP contribution in [0.1, 0.15) is 20.8 Å². The van der Waals surface area contributed by atoms with E-state index in [9.17, 15) is 0 Å². The van der Waals surface area contributed by atoms with Gasteiger partial charge in [0.1, 0.15) is 0 Å². The van der Waals surface area contributed by atoms with Gasteiger partial charge in [0.15, 0.2) is 0 Å². The van der Waals surface area contributed by atoms with Crippen molar-refractivity contribution in [3.05, 3.63) is 0 Å². The maximum atomic E-state index is 9.02. The van der Waals surface area contributed by atoms with Crippen LogP contribution in [0, 0.1) is 11.3 Å². The largest absolute Gasteiger partial charge is 0.394 e. The summed E-state index contributed by atoms with van der Waals surface area (Å²) in [7, 11) is 0. The molecule has 4 heteroatoms. The highest BCUT2D eigenvalue weighted by molar-refractivity contribution is 5.81. The molecule has 0 bridgehead atoms. The van der Waals surface area contributed by atoms with Gasteiger partial charge in [-0.3, -0.25) is 5.41 Å². The Morgan fingerprint density at radius 1 is 1.57 bits per heavy atom. The van der Waals surface area contributed by atoms with E-state index in [4.69, 9.17) is 15.3 Å². The van der Waals surface area contributed by atoms with Crippen molar-refractivity contribution < 1.29 is 9.84 Å². The summed E-state index contributed by atoms with van der Waals surface area (Å²) in [4.78, 5) is 2.00. The number of hydrogen-bond donors (Lipinski definition) is 2. The highest BCUT2D eigenvalue weighted by Gasteiger charge is 2.26. The number of nitrogens with zero attached hydrogens (tertiary/aromatic N) is 1. The van der Waals surface area contributed by atoms with Gasteiger partial charge in [0, 0.05) is 19.0 Å². The van der Waals surface area contributed by atoms with Crippen molar-refractivity contribution in [1.29, 1.82) is 5.41 Å². The van der Waals surface area contributed by atoms with Crippen LogP contribution in [-0.2, 0) is 4.74 Å². The number of aliphatic hydroxyl groups is 1. The van der Waals surface area contributed by atoms with E-state index in [0.717, 1.165) is 6.54 Å². The molecule has 2 atom stereocenters. The van der Waals surface area contributed by atoms with Crippen LogP contribution in [0.25, 0.3) is 0 Å². The van der Waals surface area contributed by atoms with E-state index in [0.29, 0.717) is 12.4 Å². The monoisotopic (exact) mass is 200 g/mol. The number of aliphatic hydroxyl groups excluding tert-OH is 1. The van der Waals surface area contributed by atoms with Crippen LogP contribution in [0.5, 0.6) is 0 Å². The topological polar surface area (TPSA) is 56.6 Å². The minimum absolute atomic E-state index is 0.0339. The molecule has 2 N–H and O–H groups in total. The minimum atomic E-state index is -0.141. The van der Waals surface area contributed by atoms with E-state index in [1.807, 2.05) is 25.7 Å². The van der Waals surface area contributed by atoms with Crippen LogP contribution in [0.4, 0.5) is 0 Å². The van der Waals surface area contributed by atoms with Crippen molar-refractivity contribution >= 4 is 5.84 Å². The summed E-state index contributed by atoms with van der Waals surface area (Å²) >= 11 is 0. The van der Waals surface area contributed by atoms with Gasteiger partial charge >= 0.3 is 0 Å². The normalized spacial score (nSPS) is 28.2. The van der Waals surface area contributed by atoms with E-state index < -0.39 is 0 Å². The number of morpholine rings is 1. The summed E-state index contributed by atoms with van der Waals surface area (Å²) < 4.78 is 5.51. The molecule has 1 aliphatic heterocycles. The Labute approximate surface area is 85.4 Å². The Kier molecular flexibility index (Phi) is 3.89. The molecule has 0 spiro atoms. The maximum Gasteiger partial charge on any atom is 0.0985 e. The Hall–Kier alpha value is -0.610. The molecule has 2 unspecified atom stereocenters. The summed E-state index contributed by atoms with van der Waals surface area (Å²) in [5, 5.41) is 16.9. The number of hydrogen-bond acceptors (Lipinski definition) is 3. The molecular formula is C10H20N2O2. The fourth-order valence-corrected chi connectivity index (χ4v) is 1.71. The van der Waals surface area contributed by atoms with Crippen molar-refractivity contribution in [3.8, 4) is 0 Å². The predicted octanol–water partition coefficient (Wildman–Crippen LogP) is 0.701. The second kappa shape index (κ2) is 4.75. The molecule has 1 saturated heterocycles. The smallest absolute Gasteiger partial charge is 0.0985 e. The average Bonchev–Trinajstić information content (AvgIpc) is 2.15. The molecule has 1 fully saturated rings. The molecule has 1 rings (SSSR count). The molecule has 0 saturated carbocycles. The molecule has 0 radical (unpaired) electrons. The Bertz CT molecular complexity index is 206. The fourth-order valence-electron chi connectivity index (χ4n) is 1.71. The van der Waals surface area contributed by atoms with Crippen molar-refractivity contribution in [2.45, 2.75) is 33.0 Å². The quantitative estimate of drug-likeness (QED) is 0.509. The first kappa shape index (κ1) is 11.5. The first-order valence-corrected chi connectivity index (χ1v) is 5.14. The van der Waals surface area contributed by atoms with Crippen molar-refractivity contribution in [2.75, 3.05) is 19.7 Å². The van der Waals surface area contributed by atoms with E-state index in [-0.39, 0.29) is 24.7 Å². The predicted molar refractivity (Wildman–Crippen MR) is 55.6 cm³/mol. The minimum Gasteiger partial charge on any atom is -0.394 e. The third kappa shape index (κ3) is 2.69. The Morgan fingerprint density at radius 3 is 2.71 bits per heavy atom. The molecule has 1 heterocycles. The van der Waals surface area contributed by atoms with Gasteiger partial charge in [0.2, 0.25) is 0 Å². The van der Waals surface area contributed by atoms with Gasteiger partial charge in [0.25, 0.3) is 0 Å². The lowest BCUT2D eigenvalue weighted by Crippen LogP contribution is -2.51. The highest BCUT2D eigenvalue weighted by atomic mass is 16.5. The third-order valence-electron chi connectivity index (χ3n) is 2.42. The zero-order chi connectivity index (χ0) is 10.7. The van der Waals surface area contributed by atoms with Gasteiger partial charge < -0.3 is 14.7 Å². The zero-order valence-electron chi connectivity index (χ0n) is 9.16. The van der Waals surface area contributed by atoms with Crippen LogP contribution in [-0.4, -0.2) is 47.7 Å². The van der Waals surface area contributed by atoms with Crippen LogP contribution in [0.15, 0.2) is 0 Å². The molecule has 0 amide bonds. The standard InChI is InChI=1S/C10H20N2O2/c1-7(2)10(11)12-4-8(3)14-9(5-12)6-13/h7-9,11,13H,4-6H2,1-3H3. The van der Waals surface area contributed by atoms with E-state index >= 15 is 0 Å². The van der Waals surface area contributed by atoms with E-state index in [1.54, 1.807) is 0 Å². The Balaban J connectivity index is 2.57. The second-order valence-electron chi connectivity index (χ2n) is 4.20. The van der Waals surface area contributed by atoms with E-state index in [2.05, 4.69) is 0 Å². The number of nitrogens with one attached hydrogen (secondary N) is 1. The molecule has 82 valence electrons. The molecule has 1 aliphatic rings. The van der Waals surface area contributed by atoms with Crippen molar-refractivity contribution in [1.82, 2.24) is 4.90 Å². The van der Waals surface area contributed by atoms with Gasteiger partial charge in [-0.25, -0.2) is 0 Å². The summed E-state index contributed by atoms with van der Waals surface area (Å²) in [5.41, 5.74) is 0. The second-order valence-corrected chi connectivity index (χ2v) is 4.20. The first-order chi connectivity index (χ1) is 6.54. The lowest BCUT2D eigenvalue weighted by Gasteiger charge is -2.38. The first-order valence-electron chi connectivity index (χ1n) is 5.14. The van der Waals surface area contributed by atoms with Gasteiger partial charge in [-0.05, 0) is 6.92 Å². The number of ether oxygens (including phenoxy) is 1. The van der Waals surface area contributed by atoms with Crippen LogP contribution < -0.4 is 0 Å². The lowest BCUT2D eigenvalue weighted by molar-refractivity contribution is -0.0794. The SMILES string of the molecule is CC1CN(C(=N)C(C)C)CC(CO)O1.